The number of nitrogens with two attached hydrogens (primary N) is 1. The van der Waals surface area contributed by atoms with E-state index in [0.717, 1.165) is 24.1 Å². The van der Waals surface area contributed by atoms with Crippen molar-refractivity contribution in [1.82, 2.24) is 4.98 Å². The third kappa shape index (κ3) is 5.29. The van der Waals surface area contributed by atoms with Gasteiger partial charge >= 0.3 is 0 Å². The molecule has 23 heavy (non-hydrogen) atoms. The zero-order chi connectivity index (χ0) is 16.5. The van der Waals surface area contributed by atoms with Gasteiger partial charge in [0.2, 0.25) is 5.88 Å². The fraction of sp³-hybridized carbons (Fsp3) is 0.333. The average molecular weight is 312 g/mol. The van der Waals surface area contributed by atoms with Gasteiger partial charge in [0.1, 0.15) is 0 Å². The van der Waals surface area contributed by atoms with E-state index in [1.807, 2.05) is 24.3 Å². The predicted octanol–water partition coefficient (Wildman–Crippen LogP) is 3.36. The van der Waals surface area contributed by atoms with Crippen molar-refractivity contribution in [3.8, 4) is 5.88 Å². The van der Waals surface area contributed by atoms with Gasteiger partial charge in [-0.3, -0.25) is 0 Å². The van der Waals surface area contributed by atoms with Crippen molar-refractivity contribution in [3.63, 3.8) is 0 Å². The molecule has 2 rings (SSSR count). The number of nitrogens with zero attached hydrogens (tertiary/aromatic N) is 2. The van der Waals surface area contributed by atoms with Crippen LogP contribution < -0.4 is 15.8 Å². The number of hydrogen-bond donors (Lipinski definition) is 2. The maximum Gasteiger partial charge on any atom is 0.218 e. The van der Waals surface area contributed by atoms with Gasteiger partial charge in [0, 0.05) is 17.4 Å². The number of aromatic nitrogens is 1. The highest BCUT2D eigenvalue weighted by molar-refractivity contribution is 5.92. The Hall–Kier alpha value is -2.56. The standard InChI is InChI=1S/C18H24N4O/c1-3-11-23-17-15(8-6-10-20-17)13-21-18(19)22-16-9-5-7-14(4-2)12-16/h5-10,12H,3-4,11,13H2,1-2H3,(H3,19,21,22). The van der Waals surface area contributed by atoms with E-state index in [0.29, 0.717) is 25.0 Å². The molecular weight excluding hydrogens is 288 g/mol. The number of benzene rings is 1. The molecule has 1 heterocycles. The molecule has 2 aromatic rings. The first-order chi connectivity index (χ1) is 11.2. The van der Waals surface area contributed by atoms with E-state index in [4.69, 9.17) is 10.5 Å². The zero-order valence-corrected chi connectivity index (χ0v) is 13.7. The Morgan fingerprint density at radius 2 is 2.13 bits per heavy atom. The summed E-state index contributed by atoms with van der Waals surface area (Å²) in [5, 5.41) is 3.12. The second-order valence-electron chi connectivity index (χ2n) is 5.20. The second-order valence-corrected chi connectivity index (χ2v) is 5.20. The number of rotatable bonds is 7. The molecule has 0 fully saturated rings. The van der Waals surface area contributed by atoms with Crippen molar-refractivity contribution in [2.75, 3.05) is 11.9 Å². The first-order valence-electron chi connectivity index (χ1n) is 7.95. The third-order valence-electron chi connectivity index (χ3n) is 3.32. The van der Waals surface area contributed by atoms with Crippen LogP contribution in [0, 0.1) is 0 Å². The Labute approximate surface area is 137 Å². The molecule has 0 bridgehead atoms. The average Bonchev–Trinajstić information content (AvgIpc) is 2.59. The van der Waals surface area contributed by atoms with Gasteiger partial charge in [0.05, 0.1) is 13.2 Å². The molecule has 0 unspecified atom stereocenters. The molecule has 0 amide bonds. The summed E-state index contributed by atoms with van der Waals surface area (Å²) in [4.78, 5) is 8.63. The quantitative estimate of drug-likeness (QED) is 0.607. The highest BCUT2D eigenvalue weighted by atomic mass is 16.5. The highest BCUT2D eigenvalue weighted by Gasteiger charge is 2.04. The molecule has 0 aliphatic carbocycles. The van der Waals surface area contributed by atoms with Crippen LogP contribution >= 0.6 is 0 Å². The lowest BCUT2D eigenvalue weighted by molar-refractivity contribution is 0.302. The van der Waals surface area contributed by atoms with Gasteiger partial charge in [0.25, 0.3) is 0 Å². The lowest BCUT2D eigenvalue weighted by Crippen LogP contribution is -2.22. The molecule has 0 spiro atoms. The molecule has 0 saturated heterocycles. The maximum atomic E-state index is 5.97. The van der Waals surface area contributed by atoms with Crippen LogP contribution in [0.2, 0.25) is 0 Å². The molecule has 1 aromatic heterocycles. The summed E-state index contributed by atoms with van der Waals surface area (Å²) >= 11 is 0. The summed E-state index contributed by atoms with van der Waals surface area (Å²) in [6.07, 6.45) is 3.65. The fourth-order valence-electron chi connectivity index (χ4n) is 2.10. The minimum Gasteiger partial charge on any atom is -0.477 e. The molecular formula is C18H24N4O. The normalized spacial score (nSPS) is 11.3. The van der Waals surface area contributed by atoms with Gasteiger partial charge in [-0.15, -0.1) is 0 Å². The number of aliphatic imine (C=N–C) groups is 1. The summed E-state index contributed by atoms with van der Waals surface area (Å²) in [6.45, 7) is 5.26. The van der Waals surface area contributed by atoms with E-state index in [1.165, 1.54) is 5.56 Å². The zero-order valence-electron chi connectivity index (χ0n) is 13.7. The van der Waals surface area contributed by atoms with Gasteiger partial charge in [-0.2, -0.15) is 0 Å². The van der Waals surface area contributed by atoms with Crippen LogP contribution in [0.4, 0.5) is 5.69 Å². The molecule has 0 saturated carbocycles. The molecule has 0 atom stereocenters. The largest absolute Gasteiger partial charge is 0.477 e. The summed E-state index contributed by atoms with van der Waals surface area (Å²) in [7, 11) is 0. The Balaban J connectivity index is 2.01. The van der Waals surface area contributed by atoms with Crippen LogP contribution in [0.3, 0.4) is 0 Å². The van der Waals surface area contributed by atoms with Gasteiger partial charge in [0.15, 0.2) is 5.96 Å². The van der Waals surface area contributed by atoms with Gasteiger partial charge in [-0.1, -0.05) is 32.0 Å². The van der Waals surface area contributed by atoms with E-state index in [2.05, 4.69) is 41.3 Å². The van der Waals surface area contributed by atoms with E-state index >= 15 is 0 Å². The van der Waals surface area contributed by atoms with E-state index in [-0.39, 0.29) is 0 Å². The molecule has 5 heteroatoms. The van der Waals surface area contributed by atoms with Crippen molar-refractivity contribution in [1.29, 1.82) is 0 Å². The summed E-state index contributed by atoms with van der Waals surface area (Å²) in [5.41, 5.74) is 9.10. The second kappa shape index (κ2) is 8.78. The van der Waals surface area contributed by atoms with Crippen molar-refractivity contribution < 1.29 is 4.74 Å². The minimum atomic E-state index is 0.378. The molecule has 0 radical (unpaired) electrons. The van der Waals surface area contributed by atoms with Crippen LogP contribution in [-0.2, 0) is 13.0 Å². The molecule has 1 aromatic carbocycles. The maximum absolute atomic E-state index is 5.97. The number of guanidine groups is 1. The van der Waals surface area contributed by atoms with Crippen molar-refractivity contribution in [3.05, 3.63) is 53.7 Å². The number of nitrogens with one attached hydrogen (secondary N) is 1. The third-order valence-corrected chi connectivity index (χ3v) is 3.32. The minimum absolute atomic E-state index is 0.378. The first-order valence-corrected chi connectivity index (χ1v) is 7.95. The SMILES string of the molecule is CCCOc1ncccc1CN=C(N)Nc1cccc(CC)c1. The smallest absolute Gasteiger partial charge is 0.218 e. The topological polar surface area (TPSA) is 72.5 Å². The van der Waals surface area contributed by atoms with Crippen molar-refractivity contribution in [2.24, 2.45) is 10.7 Å². The Morgan fingerprint density at radius 1 is 1.26 bits per heavy atom. The summed E-state index contributed by atoms with van der Waals surface area (Å²) in [5.74, 6) is 1.00. The van der Waals surface area contributed by atoms with Crippen LogP contribution in [0.25, 0.3) is 0 Å². The predicted molar refractivity (Wildman–Crippen MR) is 94.8 cm³/mol. The van der Waals surface area contributed by atoms with Gasteiger partial charge in [-0.25, -0.2) is 9.98 Å². The Morgan fingerprint density at radius 3 is 2.91 bits per heavy atom. The van der Waals surface area contributed by atoms with Crippen LogP contribution in [0.15, 0.2) is 47.6 Å². The number of hydrogen-bond acceptors (Lipinski definition) is 3. The summed E-state index contributed by atoms with van der Waals surface area (Å²) in [6, 6.07) is 12.0. The molecule has 3 N–H and O–H groups in total. The monoisotopic (exact) mass is 312 g/mol. The number of anilines is 1. The lowest BCUT2D eigenvalue weighted by atomic mass is 10.1. The van der Waals surface area contributed by atoms with E-state index < -0.39 is 0 Å². The Bertz CT molecular complexity index is 655. The van der Waals surface area contributed by atoms with Crippen LogP contribution in [0.5, 0.6) is 5.88 Å². The van der Waals surface area contributed by atoms with Crippen molar-refractivity contribution in [2.45, 2.75) is 33.2 Å². The first kappa shape index (κ1) is 16.8. The number of pyridine rings is 1. The van der Waals surface area contributed by atoms with Gasteiger partial charge in [-0.05, 0) is 36.6 Å². The van der Waals surface area contributed by atoms with Crippen LogP contribution in [-0.4, -0.2) is 17.6 Å². The van der Waals surface area contributed by atoms with E-state index in [1.54, 1.807) is 6.20 Å². The molecule has 122 valence electrons. The highest BCUT2D eigenvalue weighted by Crippen LogP contribution is 2.16. The number of ether oxygens (including phenoxy) is 1. The van der Waals surface area contributed by atoms with Gasteiger partial charge < -0.3 is 15.8 Å². The molecule has 0 aliphatic rings. The fourth-order valence-corrected chi connectivity index (χ4v) is 2.10. The summed E-state index contributed by atoms with van der Waals surface area (Å²) < 4.78 is 5.63. The Kier molecular flexibility index (Phi) is 6.41. The molecule has 5 nitrogen and oxygen atoms in total. The molecule has 0 aliphatic heterocycles. The number of aryl methyl sites for hydroxylation is 1. The van der Waals surface area contributed by atoms with Crippen molar-refractivity contribution >= 4 is 11.6 Å². The lowest BCUT2D eigenvalue weighted by Gasteiger charge is -2.09. The van der Waals surface area contributed by atoms with Crippen LogP contribution in [0.1, 0.15) is 31.4 Å². The van der Waals surface area contributed by atoms with E-state index in [9.17, 15) is 0 Å².